The minimum atomic E-state index is -1.37. The van der Waals surface area contributed by atoms with Crippen LogP contribution in [0.5, 0.6) is 0 Å². The zero-order valence-corrected chi connectivity index (χ0v) is 15.4. The molecule has 1 saturated heterocycles. The van der Waals surface area contributed by atoms with E-state index in [-0.39, 0.29) is 0 Å². The molecule has 136 valence electrons. The number of rotatable bonds is 3. The van der Waals surface area contributed by atoms with Crippen LogP contribution in [0.4, 0.5) is 5.69 Å². The van der Waals surface area contributed by atoms with Gasteiger partial charge >= 0.3 is 7.12 Å². The molecule has 1 aromatic rings. The van der Waals surface area contributed by atoms with Gasteiger partial charge in [-0.2, -0.15) is 0 Å². The van der Waals surface area contributed by atoms with Gasteiger partial charge in [-0.15, -0.1) is 0 Å². The maximum Gasteiger partial charge on any atom is 0.488 e. The number of nitrogens with zero attached hydrogens (tertiary/aromatic N) is 2. The average Bonchev–Trinajstić information content (AvgIpc) is 2.47. The van der Waals surface area contributed by atoms with Gasteiger partial charge in [0.25, 0.3) is 0 Å². The Morgan fingerprint density at radius 1 is 0.833 bits per heavy atom. The Morgan fingerprint density at radius 3 is 1.58 bits per heavy atom. The Balaban J connectivity index is 0.000000307. The summed E-state index contributed by atoms with van der Waals surface area (Å²) in [6, 6.07) is 7.41. The quantitative estimate of drug-likeness (QED) is 0.564. The van der Waals surface area contributed by atoms with E-state index in [1.54, 1.807) is 39.8 Å². The molecule has 7 heteroatoms. The van der Waals surface area contributed by atoms with Crippen LogP contribution in [0.1, 0.15) is 27.7 Å². The molecule has 6 nitrogen and oxygen atoms in total. The highest BCUT2D eigenvalue weighted by Crippen LogP contribution is 2.19. The highest BCUT2D eigenvalue weighted by atomic mass is 16.4. The van der Waals surface area contributed by atoms with Crippen molar-refractivity contribution in [1.29, 1.82) is 0 Å². The minimum absolute atomic E-state index is 0.540. The van der Waals surface area contributed by atoms with E-state index in [2.05, 4.69) is 16.8 Å². The molecule has 0 spiro atoms. The van der Waals surface area contributed by atoms with Crippen molar-refractivity contribution in [2.45, 2.75) is 38.9 Å². The van der Waals surface area contributed by atoms with Crippen molar-refractivity contribution in [3.8, 4) is 0 Å². The average molecular weight is 338 g/mol. The van der Waals surface area contributed by atoms with Crippen molar-refractivity contribution < 1.29 is 20.3 Å². The van der Waals surface area contributed by atoms with Gasteiger partial charge in [-0.05, 0) is 52.3 Å². The van der Waals surface area contributed by atoms with Crippen LogP contribution in [0.2, 0.25) is 0 Å². The van der Waals surface area contributed by atoms with Crippen molar-refractivity contribution in [2.24, 2.45) is 0 Å². The molecule has 0 amide bonds. The molecule has 1 aliphatic rings. The zero-order valence-electron chi connectivity index (χ0n) is 15.4. The smallest absolute Gasteiger partial charge is 0.423 e. The lowest BCUT2D eigenvalue weighted by Gasteiger charge is -2.34. The molecule has 0 radical (unpaired) electrons. The van der Waals surface area contributed by atoms with Crippen molar-refractivity contribution in [1.82, 2.24) is 4.90 Å². The zero-order chi connectivity index (χ0) is 18.5. The van der Waals surface area contributed by atoms with E-state index in [0.717, 1.165) is 31.9 Å². The fourth-order valence-electron chi connectivity index (χ4n) is 1.92. The van der Waals surface area contributed by atoms with E-state index < -0.39 is 18.3 Å². The Hall–Kier alpha value is -1.12. The van der Waals surface area contributed by atoms with E-state index in [9.17, 15) is 0 Å². The fourth-order valence-corrected chi connectivity index (χ4v) is 1.92. The summed E-state index contributed by atoms with van der Waals surface area (Å²) in [4.78, 5) is 4.62. The normalized spacial score (nSPS) is 16.5. The van der Waals surface area contributed by atoms with Crippen LogP contribution >= 0.6 is 0 Å². The summed E-state index contributed by atoms with van der Waals surface area (Å²) in [6.45, 7) is 10.5. The van der Waals surface area contributed by atoms with E-state index >= 15 is 0 Å². The lowest BCUT2D eigenvalue weighted by Crippen LogP contribution is -2.44. The predicted molar refractivity (Wildman–Crippen MR) is 98.6 cm³/mol. The molecule has 0 saturated carbocycles. The molecule has 0 aliphatic carbocycles. The van der Waals surface area contributed by atoms with Crippen LogP contribution < -0.4 is 10.4 Å². The molecule has 0 atom stereocenters. The second kappa shape index (κ2) is 8.31. The first-order valence-corrected chi connectivity index (χ1v) is 8.26. The minimum Gasteiger partial charge on any atom is -0.423 e. The summed E-state index contributed by atoms with van der Waals surface area (Å²) in [7, 11) is 0.754. The van der Waals surface area contributed by atoms with Gasteiger partial charge in [0, 0.05) is 31.9 Å². The van der Waals surface area contributed by atoms with Gasteiger partial charge in [0.15, 0.2) is 0 Å². The first-order valence-electron chi connectivity index (χ1n) is 8.26. The number of benzene rings is 1. The van der Waals surface area contributed by atoms with Gasteiger partial charge in [-0.3, -0.25) is 0 Å². The lowest BCUT2D eigenvalue weighted by atomic mass is 9.80. The third kappa shape index (κ3) is 6.41. The van der Waals surface area contributed by atoms with Crippen LogP contribution in [0.3, 0.4) is 0 Å². The molecule has 1 aromatic carbocycles. The highest BCUT2D eigenvalue weighted by molar-refractivity contribution is 6.58. The summed E-state index contributed by atoms with van der Waals surface area (Å²) in [5, 5.41) is 36.2. The number of likely N-dealkylation sites (N-methyl/N-ethyl adjacent to an activating group) is 1. The standard InChI is InChI=1S/C11H17BN2O2.C6H14O2/c1-13-6-8-14(9-7-13)11-4-2-10(3-5-11)12(15)16;1-5(2,7)6(3,4)8/h2-5,15-16H,6-9H2,1H3;7-8H,1-4H3. The number of hydrogen-bond donors (Lipinski definition) is 4. The van der Waals surface area contributed by atoms with Crippen molar-refractivity contribution >= 4 is 18.3 Å². The van der Waals surface area contributed by atoms with Gasteiger partial charge < -0.3 is 30.1 Å². The Labute approximate surface area is 145 Å². The maximum atomic E-state index is 9.10. The van der Waals surface area contributed by atoms with E-state index in [1.165, 1.54) is 0 Å². The summed E-state index contributed by atoms with van der Waals surface area (Å²) >= 11 is 0. The maximum absolute atomic E-state index is 9.10. The van der Waals surface area contributed by atoms with E-state index in [4.69, 9.17) is 20.3 Å². The SMILES string of the molecule is CC(C)(O)C(C)(C)O.CN1CCN(c2ccc(B(O)O)cc2)CC1. The second-order valence-electron chi connectivity index (χ2n) is 7.37. The van der Waals surface area contributed by atoms with Crippen LogP contribution in [0, 0.1) is 0 Å². The van der Waals surface area contributed by atoms with Crippen molar-refractivity contribution in [3.63, 3.8) is 0 Å². The van der Waals surface area contributed by atoms with Gasteiger partial charge in [0.1, 0.15) is 0 Å². The third-order valence-corrected chi connectivity index (χ3v) is 4.56. The first kappa shape index (κ1) is 20.9. The number of piperazine rings is 1. The molecule has 4 N–H and O–H groups in total. The van der Waals surface area contributed by atoms with Crippen molar-refractivity contribution in [2.75, 3.05) is 38.1 Å². The number of hydrogen-bond acceptors (Lipinski definition) is 6. The Kier molecular flexibility index (Phi) is 7.25. The lowest BCUT2D eigenvalue weighted by molar-refractivity contribution is -0.107. The van der Waals surface area contributed by atoms with Crippen LogP contribution in [-0.4, -0.2) is 76.7 Å². The van der Waals surface area contributed by atoms with E-state index in [1.807, 2.05) is 12.1 Å². The Bertz CT molecular complexity index is 475. The van der Waals surface area contributed by atoms with Crippen LogP contribution in [0.25, 0.3) is 0 Å². The topological polar surface area (TPSA) is 87.4 Å². The summed E-state index contributed by atoms with van der Waals surface area (Å²) in [6.07, 6.45) is 0. The molecule has 1 fully saturated rings. The molecule has 0 bridgehead atoms. The second-order valence-corrected chi connectivity index (χ2v) is 7.37. The number of aliphatic hydroxyl groups is 2. The highest BCUT2D eigenvalue weighted by Gasteiger charge is 2.31. The van der Waals surface area contributed by atoms with Gasteiger partial charge in [0.2, 0.25) is 0 Å². The molecular formula is C17H31BN2O4. The first-order chi connectivity index (χ1) is 10.9. The molecule has 1 aliphatic heterocycles. The summed E-state index contributed by atoms with van der Waals surface area (Å²) in [5.41, 5.74) is -0.324. The van der Waals surface area contributed by atoms with Gasteiger partial charge in [0.05, 0.1) is 11.2 Å². The van der Waals surface area contributed by atoms with E-state index in [0.29, 0.717) is 5.46 Å². The summed E-state index contributed by atoms with van der Waals surface area (Å²) in [5.74, 6) is 0. The fraction of sp³-hybridized carbons (Fsp3) is 0.647. The van der Waals surface area contributed by atoms with Gasteiger partial charge in [-0.25, -0.2) is 0 Å². The molecule has 1 heterocycles. The molecule has 0 unspecified atom stereocenters. The largest absolute Gasteiger partial charge is 0.488 e. The number of anilines is 1. The third-order valence-electron chi connectivity index (χ3n) is 4.56. The molecule has 24 heavy (non-hydrogen) atoms. The predicted octanol–water partition coefficient (Wildman–Crippen LogP) is -0.354. The van der Waals surface area contributed by atoms with Crippen LogP contribution in [-0.2, 0) is 0 Å². The van der Waals surface area contributed by atoms with Crippen LogP contribution in [0.15, 0.2) is 24.3 Å². The molecule has 0 aromatic heterocycles. The Morgan fingerprint density at radius 2 is 1.25 bits per heavy atom. The monoisotopic (exact) mass is 338 g/mol. The van der Waals surface area contributed by atoms with Crippen molar-refractivity contribution in [3.05, 3.63) is 24.3 Å². The van der Waals surface area contributed by atoms with Gasteiger partial charge in [-0.1, -0.05) is 12.1 Å². The molecular weight excluding hydrogens is 307 g/mol. The molecule has 2 rings (SSSR count). The summed E-state index contributed by atoms with van der Waals surface area (Å²) < 4.78 is 0.